The first-order chi connectivity index (χ1) is 3.80. The highest BCUT2D eigenvalue weighted by atomic mass is 35.5. The van der Waals surface area contributed by atoms with Crippen LogP contribution in [0.3, 0.4) is 0 Å². The van der Waals surface area contributed by atoms with E-state index >= 15 is 0 Å². The highest BCUT2D eigenvalue weighted by molar-refractivity contribution is 6.05. The van der Waals surface area contributed by atoms with E-state index in [1.165, 1.54) is 18.5 Å². The summed E-state index contributed by atoms with van der Waals surface area (Å²) in [4.78, 5) is 13.9. The van der Waals surface area contributed by atoms with Gasteiger partial charge in [-0.3, -0.25) is 9.79 Å². The fourth-order valence-corrected chi connectivity index (χ4v) is 0.420. The first kappa shape index (κ1) is 8.33. The van der Waals surface area contributed by atoms with Crippen molar-refractivity contribution in [2.75, 3.05) is 0 Å². The van der Waals surface area contributed by atoms with Gasteiger partial charge in [-0.05, 0) is 0 Å². The summed E-state index contributed by atoms with van der Waals surface area (Å²) in [6, 6.07) is 0. The minimum absolute atomic E-state index is 0. The van der Waals surface area contributed by atoms with E-state index in [0.29, 0.717) is 0 Å². The van der Waals surface area contributed by atoms with Crippen molar-refractivity contribution in [1.82, 2.24) is 0 Å². The molecule has 0 saturated carbocycles. The van der Waals surface area contributed by atoms with Crippen molar-refractivity contribution in [2.24, 2.45) is 4.99 Å². The minimum Gasteiger partial charge on any atom is -0.379 e. The Labute approximate surface area is 58.5 Å². The Morgan fingerprint density at radius 3 is 2.67 bits per heavy atom. The molecule has 0 aromatic rings. The zero-order valence-electron chi connectivity index (χ0n) is 4.52. The summed E-state index contributed by atoms with van der Waals surface area (Å²) in [7, 11) is 0. The fourth-order valence-electron chi connectivity index (χ4n) is 0.420. The lowest BCUT2D eigenvalue weighted by atomic mass is 10.2. The van der Waals surface area contributed by atoms with Crippen LogP contribution in [0.15, 0.2) is 17.3 Å². The third kappa shape index (κ3) is 1.95. The molecule has 1 aliphatic heterocycles. The van der Waals surface area contributed by atoms with Gasteiger partial charge in [0.25, 0.3) is 0 Å². The molecule has 1 aliphatic rings. The van der Waals surface area contributed by atoms with E-state index in [2.05, 4.69) is 4.99 Å². The van der Waals surface area contributed by atoms with E-state index in [-0.39, 0.29) is 18.2 Å². The molecule has 1 rings (SSSR count). The Bertz CT molecular complexity index is 164. The Kier molecular flexibility index (Phi) is 3.12. The molecule has 0 fully saturated rings. The van der Waals surface area contributed by atoms with Gasteiger partial charge < -0.3 is 5.11 Å². The van der Waals surface area contributed by atoms with Crippen LogP contribution in [0, 0.1) is 0 Å². The van der Waals surface area contributed by atoms with E-state index in [1.54, 1.807) is 0 Å². The summed E-state index contributed by atoms with van der Waals surface area (Å²) in [6.07, 6.45) is 2.78. The lowest BCUT2D eigenvalue weighted by Crippen LogP contribution is -2.20. The number of carbonyl (C=O) groups is 1. The van der Waals surface area contributed by atoms with Gasteiger partial charge in [0, 0.05) is 18.5 Å². The topological polar surface area (TPSA) is 49.7 Å². The smallest absolute Gasteiger partial charge is 0.191 e. The lowest BCUT2D eigenvalue weighted by Gasteiger charge is -1.99. The summed E-state index contributed by atoms with van der Waals surface area (Å²) in [5.74, 6) is -0.306. The maximum absolute atomic E-state index is 10.4. The van der Waals surface area contributed by atoms with Crippen LogP contribution in [0.25, 0.3) is 0 Å². The van der Waals surface area contributed by atoms with E-state index in [4.69, 9.17) is 5.11 Å². The van der Waals surface area contributed by atoms with Gasteiger partial charge in [0.1, 0.15) is 0 Å². The largest absolute Gasteiger partial charge is 0.379 e. The first-order valence-electron chi connectivity index (χ1n) is 2.22. The third-order valence-electron chi connectivity index (χ3n) is 0.844. The summed E-state index contributed by atoms with van der Waals surface area (Å²) in [6.45, 7) is 0. The molecule has 0 bridgehead atoms. The van der Waals surface area contributed by atoms with Gasteiger partial charge in [-0.2, -0.15) is 0 Å². The number of aliphatic hydroxyl groups is 1. The predicted octanol–water partition coefficient (Wildman–Crippen LogP) is -0.0637. The molecule has 0 amide bonds. The predicted molar refractivity (Wildman–Crippen MR) is 35.9 cm³/mol. The molecular weight excluding hydrogens is 142 g/mol. The number of aliphatic hydroxyl groups excluding tert-OH is 1. The lowest BCUT2D eigenvalue weighted by molar-refractivity contribution is -0.119. The maximum Gasteiger partial charge on any atom is 0.191 e. The third-order valence-corrected chi connectivity index (χ3v) is 0.844. The molecule has 0 radical (unpaired) electrons. The van der Waals surface area contributed by atoms with E-state index < -0.39 is 6.10 Å². The van der Waals surface area contributed by atoms with E-state index in [1.807, 2.05) is 0 Å². The fraction of sp³-hybridized carbons (Fsp3) is 0.200. The molecule has 9 heavy (non-hydrogen) atoms. The Balaban J connectivity index is 0.000000640. The Morgan fingerprint density at radius 2 is 2.33 bits per heavy atom. The highest BCUT2D eigenvalue weighted by Gasteiger charge is 2.09. The number of halogens is 1. The molecule has 0 aromatic carbocycles. The van der Waals surface area contributed by atoms with Crippen molar-refractivity contribution in [3.63, 3.8) is 0 Å². The van der Waals surface area contributed by atoms with Crippen molar-refractivity contribution in [2.45, 2.75) is 6.10 Å². The van der Waals surface area contributed by atoms with Crippen LogP contribution in [0.4, 0.5) is 0 Å². The monoisotopic (exact) mass is 147 g/mol. The number of carbonyl (C=O) groups excluding carboxylic acids is 1. The van der Waals surface area contributed by atoms with Crippen LogP contribution in [0.1, 0.15) is 0 Å². The summed E-state index contributed by atoms with van der Waals surface area (Å²) >= 11 is 0. The molecule has 0 saturated heterocycles. The molecule has 1 heterocycles. The van der Waals surface area contributed by atoms with Gasteiger partial charge in [-0.1, -0.05) is 0 Å². The summed E-state index contributed by atoms with van der Waals surface area (Å²) in [5, 5.41) is 8.63. The standard InChI is InChI=1S/C5H5NO2.ClH/c7-4-1-2-6-3-5(4)8;/h1-3,5,8H;1H. The number of ketones is 1. The number of aliphatic imine (C=N–C) groups is 1. The van der Waals surface area contributed by atoms with Crippen molar-refractivity contribution < 1.29 is 9.90 Å². The van der Waals surface area contributed by atoms with Gasteiger partial charge in [-0.25, -0.2) is 0 Å². The van der Waals surface area contributed by atoms with E-state index in [0.717, 1.165) is 0 Å². The highest BCUT2D eigenvalue weighted by Crippen LogP contribution is 1.91. The Hall–Kier alpha value is -0.670. The van der Waals surface area contributed by atoms with Gasteiger partial charge in [0.15, 0.2) is 11.9 Å². The Morgan fingerprint density at radius 1 is 1.67 bits per heavy atom. The average molecular weight is 148 g/mol. The second-order valence-electron chi connectivity index (χ2n) is 1.46. The molecule has 0 spiro atoms. The molecule has 50 valence electrons. The second kappa shape index (κ2) is 3.37. The molecule has 0 aromatic heterocycles. The van der Waals surface area contributed by atoms with Gasteiger partial charge in [-0.15, -0.1) is 12.4 Å². The molecule has 1 unspecified atom stereocenters. The summed E-state index contributed by atoms with van der Waals surface area (Å²) in [5.41, 5.74) is 0. The van der Waals surface area contributed by atoms with Crippen LogP contribution >= 0.6 is 12.4 Å². The van der Waals surface area contributed by atoms with Crippen LogP contribution in [-0.4, -0.2) is 23.2 Å². The maximum atomic E-state index is 10.4. The van der Waals surface area contributed by atoms with Crippen LogP contribution in [-0.2, 0) is 4.79 Å². The molecule has 3 nitrogen and oxygen atoms in total. The average Bonchev–Trinajstić information content (AvgIpc) is 1.77. The molecule has 1 N–H and O–H groups in total. The van der Waals surface area contributed by atoms with Crippen molar-refractivity contribution >= 4 is 24.4 Å². The van der Waals surface area contributed by atoms with E-state index in [9.17, 15) is 4.79 Å². The van der Waals surface area contributed by atoms with Crippen molar-refractivity contribution in [1.29, 1.82) is 0 Å². The SMILES string of the molecule is Cl.O=C1C=CN=CC1O. The first-order valence-corrected chi connectivity index (χ1v) is 2.22. The quantitative estimate of drug-likeness (QED) is 0.522. The normalized spacial score (nSPS) is 23.7. The second-order valence-corrected chi connectivity index (χ2v) is 1.46. The van der Waals surface area contributed by atoms with Gasteiger partial charge in [0.2, 0.25) is 0 Å². The number of nitrogens with zero attached hydrogens (tertiary/aromatic N) is 1. The van der Waals surface area contributed by atoms with Crippen molar-refractivity contribution in [3.05, 3.63) is 12.3 Å². The number of rotatable bonds is 0. The van der Waals surface area contributed by atoms with Crippen LogP contribution < -0.4 is 0 Å². The van der Waals surface area contributed by atoms with Gasteiger partial charge >= 0.3 is 0 Å². The van der Waals surface area contributed by atoms with Gasteiger partial charge in [0.05, 0.1) is 0 Å². The minimum atomic E-state index is -1.01. The molecule has 0 aliphatic carbocycles. The number of hydrogen-bond acceptors (Lipinski definition) is 3. The zero-order chi connectivity index (χ0) is 5.98. The molecular formula is C5H6ClNO2. The molecule has 1 atom stereocenters. The van der Waals surface area contributed by atoms with Crippen molar-refractivity contribution in [3.8, 4) is 0 Å². The van der Waals surface area contributed by atoms with Crippen LogP contribution in [0.5, 0.6) is 0 Å². The zero-order valence-corrected chi connectivity index (χ0v) is 5.34. The summed E-state index contributed by atoms with van der Waals surface area (Å²) < 4.78 is 0. The van der Waals surface area contributed by atoms with Crippen LogP contribution in [0.2, 0.25) is 0 Å². The number of hydrogen-bond donors (Lipinski definition) is 1. The molecule has 4 heteroatoms.